The van der Waals surface area contributed by atoms with E-state index in [0.717, 1.165) is 0 Å². The van der Waals surface area contributed by atoms with Gasteiger partial charge >= 0.3 is 0 Å². The van der Waals surface area contributed by atoms with Gasteiger partial charge in [0, 0.05) is 13.0 Å². The molecule has 0 rings (SSSR count). The predicted molar refractivity (Wildman–Crippen MR) is 50.5 cm³/mol. The maximum atomic E-state index is 9.88. The molecule has 80 valence electrons. The summed E-state index contributed by atoms with van der Waals surface area (Å²) in [5, 5.41) is 8.02. The van der Waals surface area contributed by atoms with E-state index in [1.807, 2.05) is 0 Å². The molecule has 0 atom stereocenters. The summed E-state index contributed by atoms with van der Waals surface area (Å²) in [6.45, 7) is 6.11. The van der Waals surface area contributed by atoms with E-state index in [0.29, 0.717) is 6.42 Å². The molecule has 0 aliphatic heterocycles. The largest absolute Gasteiger partial charge is 0.412 e. The lowest BCUT2D eigenvalue weighted by molar-refractivity contribution is -0.117. The van der Waals surface area contributed by atoms with Gasteiger partial charge in [0.1, 0.15) is 5.78 Å². The van der Waals surface area contributed by atoms with Crippen molar-refractivity contribution >= 4 is 11.6 Å². The Morgan fingerprint density at radius 1 is 1.31 bits per heavy atom. The van der Waals surface area contributed by atoms with Crippen molar-refractivity contribution < 1.29 is 25.6 Å². The van der Waals surface area contributed by atoms with E-state index in [1.165, 1.54) is 19.9 Å². The number of ketones is 2. The Morgan fingerprint density at radius 3 is 1.62 bits per heavy atom. The average molecular weight is 194 g/mol. The highest BCUT2D eigenvalue weighted by molar-refractivity contribution is 5.86. The molecule has 5 nitrogen and oxygen atoms in total. The van der Waals surface area contributed by atoms with Crippen LogP contribution in [0, 0.1) is 0 Å². The van der Waals surface area contributed by atoms with E-state index >= 15 is 0 Å². The first kappa shape index (κ1) is 22.7. The summed E-state index contributed by atoms with van der Waals surface area (Å²) in [5.41, 5.74) is 0. The first-order chi connectivity index (χ1) is 5.04. The summed E-state index contributed by atoms with van der Waals surface area (Å²) in [6.07, 6.45) is 1.57. The van der Waals surface area contributed by atoms with Gasteiger partial charge in [0.25, 0.3) is 0 Å². The molecule has 0 saturated carbocycles. The van der Waals surface area contributed by atoms with Gasteiger partial charge in [-0.15, -0.1) is 0 Å². The molecule has 0 fully saturated rings. The van der Waals surface area contributed by atoms with Crippen LogP contribution < -0.4 is 0 Å². The normalized spacial score (nSPS) is 6.38. The maximum absolute atomic E-state index is 9.88. The summed E-state index contributed by atoms with van der Waals surface area (Å²) in [7, 11) is 0. The van der Waals surface area contributed by atoms with Gasteiger partial charge < -0.3 is 16.1 Å². The van der Waals surface area contributed by atoms with E-state index in [-0.39, 0.29) is 29.1 Å². The second kappa shape index (κ2) is 17.2. The monoisotopic (exact) mass is 194 g/mol. The van der Waals surface area contributed by atoms with E-state index in [4.69, 9.17) is 5.11 Å². The highest BCUT2D eigenvalue weighted by atomic mass is 16.3. The molecule has 0 aliphatic carbocycles. The van der Waals surface area contributed by atoms with Crippen molar-refractivity contribution in [2.75, 3.05) is 6.61 Å². The third kappa shape index (κ3) is 56.1. The molecule has 13 heavy (non-hydrogen) atoms. The molecule has 0 aliphatic rings. The Kier molecular flexibility index (Phi) is 29.9. The van der Waals surface area contributed by atoms with Crippen LogP contribution in [-0.2, 0) is 9.59 Å². The van der Waals surface area contributed by atoms with Crippen LogP contribution in [-0.4, -0.2) is 34.2 Å². The number of aliphatic hydroxyl groups is 1. The fraction of sp³-hybridized carbons (Fsp3) is 0.500. The third-order valence-electron chi connectivity index (χ3n) is 0.751. The van der Waals surface area contributed by atoms with Crippen LogP contribution in [0.3, 0.4) is 0 Å². The minimum Gasteiger partial charge on any atom is -0.412 e. The number of hydrogen-bond acceptors (Lipinski definition) is 3. The molecule has 0 amide bonds. The highest BCUT2D eigenvalue weighted by Gasteiger charge is 1.84. The Bertz CT molecular complexity index is 141. The second-order valence-corrected chi connectivity index (χ2v) is 1.99. The predicted octanol–water partition coefficient (Wildman–Crippen LogP) is -0.930. The van der Waals surface area contributed by atoms with Gasteiger partial charge in [0.05, 0.1) is 0 Å². The highest BCUT2D eigenvalue weighted by Crippen LogP contribution is 1.74. The number of hydrogen-bond donors (Lipinski definition) is 1. The van der Waals surface area contributed by atoms with Crippen molar-refractivity contribution in [1.29, 1.82) is 0 Å². The molecular weight excluding hydrogens is 176 g/mol. The van der Waals surface area contributed by atoms with Crippen LogP contribution in [0.25, 0.3) is 0 Å². The molecule has 0 bridgehead atoms. The molecule has 0 aromatic rings. The van der Waals surface area contributed by atoms with Crippen LogP contribution in [0.5, 0.6) is 0 Å². The molecule has 0 spiro atoms. The molecule has 5 N–H and O–H groups in total. The van der Waals surface area contributed by atoms with Crippen molar-refractivity contribution in [2.45, 2.75) is 20.3 Å². The molecular formula is C8H18O5. The summed E-state index contributed by atoms with van der Waals surface area (Å²) in [5.74, 6) is 0.0579. The van der Waals surface area contributed by atoms with E-state index < -0.39 is 0 Å². The lowest BCUT2D eigenvalue weighted by atomic mass is 10.3. The van der Waals surface area contributed by atoms with Gasteiger partial charge in [-0.1, -0.05) is 6.58 Å². The molecule has 0 aromatic carbocycles. The number of Topliss-reactive ketones (excluding diaryl/α,β-unsaturated/α-hetero) is 1. The fourth-order valence-corrected chi connectivity index (χ4v) is 0.157. The van der Waals surface area contributed by atoms with Gasteiger partial charge in [-0.25, -0.2) is 0 Å². The van der Waals surface area contributed by atoms with E-state index in [9.17, 15) is 9.59 Å². The van der Waals surface area contributed by atoms with E-state index in [2.05, 4.69) is 6.58 Å². The fourth-order valence-electron chi connectivity index (χ4n) is 0.157. The Labute approximate surface area is 77.7 Å². The standard InChI is InChI=1S/C4H8O2.C4H6O.2H2O/c1-4(6)2-3-5;1-3-4(2)5;;/h5H,2-3H2,1H3;3H,1H2,2H3;2*1H2. The van der Waals surface area contributed by atoms with Crippen molar-refractivity contribution in [2.24, 2.45) is 0 Å². The smallest absolute Gasteiger partial charge is 0.152 e. The zero-order valence-corrected chi connectivity index (χ0v) is 7.96. The summed E-state index contributed by atoms with van der Waals surface area (Å²) >= 11 is 0. The van der Waals surface area contributed by atoms with Gasteiger partial charge in [0.2, 0.25) is 0 Å². The van der Waals surface area contributed by atoms with Crippen LogP contribution in [0.2, 0.25) is 0 Å². The molecule has 0 heterocycles. The number of rotatable bonds is 3. The number of allylic oxidation sites excluding steroid dienone is 1. The SMILES string of the molecule is C=CC(C)=O.CC(=O)CCO.O.O. The van der Waals surface area contributed by atoms with Gasteiger partial charge in [-0.2, -0.15) is 0 Å². The van der Waals surface area contributed by atoms with Gasteiger partial charge in [0.15, 0.2) is 5.78 Å². The number of carbonyl (C=O) groups is 2. The van der Waals surface area contributed by atoms with Crippen molar-refractivity contribution in [3.8, 4) is 0 Å². The quantitative estimate of drug-likeness (QED) is 0.584. The molecule has 0 radical (unpaired) electrons. The van der Waals surface area contributed by atoms with Crippen LogP contribution in [0.4, 0.5) is 0 Å². The Morgan fingerprint density at radius 2 is 1.62 bits per heavy atom. The number of carbonyl (C=O) groups excluding carboxylic acids is 2. The molecule has 0 unspecified atom stereocenters. The topological polar surface area (TPSA) is 117 Å². The first-order valence-electron chi connectivity index (χ1n) is 3.27. The maximum Gasteiger partial charge on any atom is 0.152 e. The lowest BCUT2D eigenvalue weighted by Gasteiger charge is -1.80. The van der Waals surface area contributed by atoms with Crippen LogP contribution in [0.15, 0.2) is 12.7 Å². The zero-order valence-electron chi connectivity index (χ0n) is 7.96. The molecule has 5 heteroatoms. The molecule has 0 aromatic heterocycles. The van der Waals surface area contributed by atoms with Gasteiger partial charge in [-0.3, -0.25) is 9.59 Å². The Hall–Kier alpha value is -1.04. The summed E-state index contributed by atoms with van der Waals surface area (Å²) in [6, 6.07) is 0. The summed E-state index contributed by atoms with van der Waals surface area (Å²) < 4.78 is 0. The zero-order chi connectivity index (χ0) is 9.28. The number of aliphatic hydroxyl groups excluding tert-OH is 1. The lowest BCUT2D eigenvalue weighted by Crippen LogP contribution is -1.92. The first-order valence-corrected chi connectivity index (χ1v) is 3.27. The van der Waals surface area contributed by atoms with Crippen LogP contribution >= 0.6 is 0 Å². The van der Waals surface area contributed by atoms with Gasteiger partial charge in [-0.05, 0) is 19.9 Å². The van der Waals surface area contributed by atoms with Crippen molar-refractivity contribution in [1.82, 2.24) is 0 Å². The molecule has 0 saturated heterocycles. The van der Waals surface area contributed by atoms with Crippen molar-refractivity contribution in [3.63, 3.8) is 0 Å². The second-order valence-electron chi connectivity index (χ2n) is 1.99. The van der Waals surface area contributed by atoms with Crippen molar-refractivity contribution in [3.05, 3.63) is 12.7 Å². The minimum atomic E-state index is -0.0185. The van der Waals surface area contributed by atoms with Crippen LogP contribution in [0.1, 0.15) is 20.3 Å². The Balaban J connectivity index is -0.0000000546. The average Bonchev–Trinajstić information content (AvgIpc) is 1.89. The summed E-state index contributed by atoms with van der Waals surface area (Å²) in [4.78, 5) is 19.6. The minimum absolute atomic E-state index is 0. The van der Waals surface area contributed by atoms with E-state index in [1.54, 1.807) is 0 Å². The third-order valence-corrected chi connectivity index (χ3v) is 0.751.